The molecule has 0 fully saturated rings. The van der Waals surface area contributed by atoms with Crippen molar-refractivity contribution in [3.05, 3.63) is 58.6 Å². The summed E-state index contributed by atoms with van der Waals surface area (Å²) in [6, 6.07) is 12.5. The fourth-order valence-electron chi connectivity index (χ4n) is 1.89. The molecule has 0 aliphatic heterocycles. The van der Waals surface area contributed by atoms with Crippen LogP contribution in [0.4, 0.5) is 16.2 Å². The zero-order valence-corrected chi connectivity index (χ0v) is 14.2. The number of hydrazine groups is 1. The Morgan fingerprint density at radius 3 is 2.08 bits per heavy atom. The van der Waals surface area contributed by atoms with E-state index in [1.165, 1.54) is 19.1 Å². The maximum absolute atomic E-state index is 12.2. The highest BCUT2D eigenvalue weighted by molar-refractivity contribution is 9.10. The van der Waals surface area contributed by atoms with Crippen LogP contribution in [0.1, 0.15) is 17.3 Å². The zero-order valence-electron chi connectivity index (χ0n) is 12.6. The summed E-state index contributed by atoms with van der Waals surface area (Å²) < 4.78 is 0.788. The fourth-order valence-corrected chi connectivity index (χ4v) is 2.15. The summed E-state index contributed by atoms with van der Waals surface area (Å²) in [5, 5.41) is 12.6. The summed E-state index contributed by atoms with van der Waals surface area (Å²) in [6.45, 7) is 1.38. The van der Waals surface area contributed by atoms with Crippen molar-refractivity contribution in [3.63, 3.8) is 0 Å². The van der Waals surface area contributed by atoms with Crippen LogP contribution in [0.5, 0.6) is 0 Å². The van der Waals surface area contributed by atoms with Crippen molar-refractivity contribution >= 4 is 45.2 Å². The number of hydrogen-bond donors (Lipinski definition) is 3. The van der Waals surface area contributed by atoms with Gasteiger partial charge >= 0.3 is 6.09 Å². The molecule has 0 aliphatic rings. The standard InChI is InChI=1S/C16H14BrN3O4/c1-10(21)18-13-6-2-11(3-7-13)15(22)19-20(16(23)24)14-8-4-12(17)5-9-14/h2-9H,1H3,(H,18,21)(H,19,22)(H,23,24). The van der Waals surface area contributed by atoms with Gasteiger partial charge in [0.2, 0.25) is 5.91 Å². The first kappa shape index (κ1) is 17.5. The van der Waals surface area contributed by atoms with Crippen molar-refractivity contribution in [2.24, 2.45) is 0 Å². The minimum absolute atomic E-state index is 0.223. The summed E-state index contributed by atoms with van der Waals surface area (Å²) >= 11 is 3.26. The molecule has 0 heterocycles. The van der Waals surface area contributed by atoms with E-state index < -0.39 is 12.0 Å². The van der Waals surface area contributed by atoms with Gasteiger partial charge in [-0.25, -0.2) is 4.79 Å². The summed E-state index contributed by atoms with van der Waals surface area (Å²) in [6.07, 6.45) is -1.32. The molecule has 3 N–H and O–H groups in total. The Labute approximate surface area is 146 Å². The third-order valence-corrected chi connectivity index (χ3v) is 3.49. The van der Waals surface area contributed by atoms with E-state index in [9.17, 15) is 19.5 Å². The van der Waals surface area contributed by atoms with Gasteiger partial charge in [0, 0.05) is 22.6 Å². The number of carbonyl (C=O) groups excluding carboxylic acids is 2. The average molecular weight is 392 g/mol. The Balaban J connectivity index is 2.14. The summed E-state index contributed by atoms with van der Waals surface area (Å²) in [5.41, 5.74) is 3.42. The molecule has 7 nitrogen and oxygen atoms in total. The lowest BCUT2D eigenvalue weighted by Gasteiger charge is -2.20. The molecule has 3 amide bonds. The maximum atomic E-state index is 12.2. The van der Waals surface area contributed by atoms with E-state index in [-0.39, 0.29) is 11.5 Å². The van der Waals surface area contributed by atoms with Gasteiger partial charge in [-0.05, 0) is 48.5 Å². The smallest absolute Gasteiger partial charge is 0.431 e. The van der Waals surface area contributed by atoms with E-state index in [2.05, 4.69) is 26.7 Å². The van der Waals surface area contributed by atoms with Gasteiger partial charge < -0.3 is 10.4 Å². The van der Waals surface area contributed by atoms with Gasteiger partial charge in [-0.1, -0.05) is 15.9 Å². The van der Waals surface area contributed by atoms with E-state index in [4.69, 9.17) is 0 Å². The summed E-state index contributed by atoms with van der Waals surface area (Å²) in [7, 11) is 0. The highest BCUT2D eigenvalue weighted by Crippen LogP contribution is 2.18. The molecule has 0 saturated heterocycles. The van der Waals surface area contributed by atoms with Gasteiger partial charge in [0.1, 0.15) is 0 Å². The molecule has 0 aliphatic carbocycles. The number of halogens is 1. The van der Waals surface area contributed by atoms with Gasteiger partial charge in [-0.15, -0.1) is 0 Å². The van der Waals surface area contributed by atoms with Crippen LogP contribution in [-0.4, -0.2) is 23.0 Å². The lowest BCUT2D eigenvalue weighted by atomic mass is 10.2. The Morgan fingerprint density at radius 2 is 1.58 bits per heavy atom. The molecule has 0 saturated carbocycles. The molecular weight excluding hydrogens is 378 g/mol. The van der Waals surface area contributed by atoms with Gasteiger partial charge in [-0.3, -0.25) is 15.0 Å². The monoisotopic (exact) mass is 391 g/mol. The molecule has 2 aromatic carbocycles. The van der Waals surface area contributed by atoms with E-state index in [0.717, 1.165) is 9.48 Å². The van der Waals surface area contributed by atoms with Crippen LogP contribution in [0.2, 0.25) is 0 Å². The van der Waals surface area contributed by atoms with Crippen LogP contribution in [-0.2, 0) is 4.79 Å². The van der Waals surface area contributed by atoms with Crippen molar-refractivity contribution in [3.8, 4) is 0 Å². The van der Waals surface area contributed by atoms with Crippen molar-refractivity contribution in [2.75, 3.05) is 10.3 Å². The van der Waals surface area contributed by atoms with Crippen LogP contribution in [0, 0.1) is 0 Å². The predicted molar refractivity (Wildman–Crippen MR) is 92.9 cm³/mol. The summed E-state index contributed by atoms with van der Waals surface area (Å²) in [4.78, 5) is 34.6. The molecule has 2 aromatic rings. The molecule has 24 heavy (non-hydrogen) atoms. The van der Waals surface area contributed by atoms with Gasteiger partial charge in [0.25, 0.3) is 5.91 Å². The van der Waals surface area contributed by atoms with Crippen molar-refractivity contribution in [1.82, 2.24) is 5.43 Å². The Hall–Kier alpha value is -2.87. The number of carbonyl (C=O) groups is 3. The number of rotatable bonds is 3. The Kier molecular flexibility index (Phi) is 5.54. The molecule has 0 atom stereocenters. The molecular formula is C16H14BrN3O4. The lowest BCUT2D eigenvalue weighted by molar-refractivity contribution is -0.114. The number of benzene rings is 2. The average Bonchev–Trinajstić information content (AvgIpc) is 2.53. The topological polar surface area (TPSA) is 98.7 Å². The van der Waals surface area contributed by atoms with E-state index in [1.54, 1.807) is 36.4 Å². The van der Waals surface area contributed by atoms with Crippen LogP contribution < -0.4 is 15.8 Å². The molecule has 0 radical (unpaired) electrons. The normalized spacial score (nSPS) is 9.92. The maximum Gasteiger partial charge on any atom is 0.431 e. The van der Waals surface area contributed by atoms with E-state index in [0.29, 0.717) is 11.4 Å². The van der Waals surface area contributed by atoms with Crippen LogP contribution in [0.3, 0.4) is 0 Å². The Morgan fingerprint density at radius 1 is 1.00 bits per heavy atom. The highest BCUT2D eigenvalue weighted by atomic mass is 79.9. The number of nitrogens with zero attached hydrogens (tertiary/aromatic N) is 1. The quantitative estimate of drug-likeness (QED) is 0.699. The van der Waals surface area contributed by atoms with Crippen molar-refractivity contribution in [1.29, 1.82) is 0 Å². The molecule has 0 aromatic heterocycles. The number of hydrogen-bond acceptors (Lipinski definition) is 3. The second kappa shape index (κ2) is 7.60. The minimum Gasteiger partial charge on any atom is -0.463 e. The number of carboxylic acid groups (broad SMARTS) is 1. The molecule has 8 heteroatoms. The van der Waals surface area contributed by atoms with Gasteiger partial charge in [-0.2, -0.15) is 5.01 Å². The fraction of sp³-hybridized carbons (Fsp3) is 0.0625. The zero-order chi connectivity index (χ0) is 17.7. The van der Waals surface area contributed by atoms with Crippen molar-refractivity contribution < 1.29 is 19.5 Å². The first-order chi connectivity index (χ1) is 11.4. The third-order valence-electron chi connectivity index (χ3n) is 2.96. The number of amides is 3. The molecule has 0 unspecified atom stereocenters. The van der Waals surface area contributed by atoms with Crippen molar-refractivity contribution in [2.45, 2.75) is 6.92 Å². The first-order valence-electron chi connectivity index (χ1n) is 6.84. The number of anilines is 2. The molecule has 0 spiro atoms. The van der Waals surface area contributed by atoms with Gasteiger partial charge in [0.05, 0.1) is 5.69 Å². The first-order valence-corrected chi connectivity index (χ1v) is 7.63. The van der Waals surface area contributed by atoms with Crippen LogP contribution in [0.15, 0.2) is 53.0 Å². The third kappa shape index (κ3) is 4.56. The number of nitrogens with one attached hydrogen (secondary N) is 2. The van der Waals surface area contributed by atoms with Gasteiger partial charge in [0.15, 0.2) is 0 Å². The highest BCUT2D eigenvalue weighted by Gasteiger charge is 2.18. The largest absolute Gasteiger partial charge is 0.463 e. The van der Waals surface area contributed by atoms with E-state index in [1.807, 2.05) is 0 Å². The molecule has 124 valence electrons. The SMILES string of the molecule is CC(=O)Nc1ccc(C(=O)NN(C(=O)O)c2ccc(Br)cc2)cc1. The second-order valence-corrected chi connectivity index (χ2v) is 5.71. The second-order valence-electron chi connectivity index (χ2n) is 4.79. The minimum atomic E-state index is -1.32. The van der Waals surface area contributed by atoms with E-state index >= 15 is 0 Å². The van der Waals surface area contributed by atoms with Crippen LogP contribution >= 0.6 is 15.9 Å². The Bertz CT molecular complexity index is 760. The lowest BCUT2D eigenvalue weighted by Crippen LogP contribution is -2.45. The molecule has 0 bridgehead atoms. The van der Waals surface area contributed by atoms with Crippen LogP contribution in [0.25, 0.3) is 0 Å². The predicted octanol–water partition coefficient (Wildman–Crippen LogP) is 3.24. The summed E-state index contributed by atoms with van der Waals surface area (Å²) in [5.74, 6) is -0.811. The molecule has 2 rings (SSSR count).